The molecular formula is C14H18MgO2. The van der Waals surface area contributed by atoms with Gasteiger partial charge in [-0.05, 0) is 6.61 Å². The Balaban J connectivity index is 0. The largest absolute Gasteiger partial charge is 2.00 e. The molecule has 0 N–H and O–H groups in total. The summed E-state index contributed by atoms with van der Waals surface area (Å²) in [6.07, 6.45) is 1.10. The van der Waals surface area contributed by atoms with Crippen molar-refractivity contribution in [3.8, 4) is 0 Å². The van der Waals surface area contributed by atoms with E-state index in [-0.39, 0.29) is 29.7 Å². The second-order valence-electron chi connectivity index (χ2n) is 3.24. The quantitative estimate of drug-likeness (QED) is 0.353. The van der Waals surface area contributed by atoms with Crippen LogP contribution in [0.4, 0.5) is 0 Å². The molecule has 0 amide bonds. The average Bonchev–Trinajstić information content (AvgIpc) is 2.31. The molecule has 1 aromatic carbocycles. The standard InChI is InChI=1S/C9H11.C5H7O2.Mg/c1-8(2)9-6-4-3-5-7-9;1-3-5(6)7-4-2;/h3-7H,1-2H3;3H,1-2,4H2;/q2*-1;+2. The van der Waals surface area contributed by atoms with E-state index in [4.69, 9.17) is 0 Å². The van der Waals surface area contributed by atoms with Crippen molar-refractivity contribution in [2.24, 2.45) is 0 Å². The molecule has 0 saturated heterocycles. The van der Waals surface area contributed by atoms with Gasteiger partial charge in [0.2, 0.25) is 0 Å². The summed E-state index contributed by atoms with van der Waals surface area (Å²) in [6, 6.07) is 10.4. The Kier molecular flexibility index (Phi) is 12.5. The fraction of sp³-hybridized carbons (Fsp3) is 0.214. The molecule has 1 rings (SSSR count). The van der Waals surface area contributed by atoms with Crippen LogP contribution in [-0.4, -0.2) is 35.6 Å². The van der Waals surface area contributed by atoms with Crippen molar-refractivity contribution in [3.05, 3.63) is 61.4 Å². The molecule has 0 aliphatic heterocycles. The number of benzene rings is 1. The van der Waals surface area contributed by atoms with E-state index in [9.17, 15) is 4.79 Å². The van der Waals surface area contributed by atoms with Gasteiger partial charge in [-0.25, -0.2) is 4.79 Å². The maximum atomic E-state index is 10.0. The minimum absolute atomic E-state index is 0. The van der Waals surface area contributed by atoms with Crippen LogP contribution in [0.1, 0.15) is 19.4 Å². The van der Waals surface area contributed by atoms with E-state index in [1.165, 1.54) is 11.5 Å². The minimum Gasteiger partial charge on any atom is -0.496 e. The fourth-order valence-electron chi connectivity index (χ4n) is 0.931. The van der Waals surface area contributed by atoms with Gasteiger partial charge in [0.25, 0.3) is 0 Å². The molecule has 0 radical (unpaired) electrons. The van der Waals surface area contributed by atoms with Gasteiger partial charge >= 0.3 is 29.0 Å². The number of esters is 1. The molecule has 0 aliphatic rings. The third-order valence-corrected chi connectivity index (χ3v) is 1.76. The van der Waals surface area contributed by atoms with Crippen LogP contribution in [0.3, 0.4) is 0 Å². The molecule has 0 bridgehead atoms. The third-order valence-electron chi connectivity index (χ3n) is 1.76. The first-order valence-corrected chi connectivity index (χ1v) is 5.05. The third kappa shape index (κ3) is 9.97. The molecule has 0 aliphatic carbocycles. The summed E-state index contributed by atoms with van der Waals surface area (Å²) in [7, 11) is 0. The first-order valence-electron chi connectivity index (χ1n) is 5.05. The van der Waals surface area contributed by atoms with E-state index >= 15 is 0 Å². The Labute approximate surface area is 120 Å². The zero-order valence-corrected chi connectivity index (χ0v) is 12.0. The Morgan fingerprint density at radius 3 is 2.18 bits per heavy atom. The topological polar surface area (TPSA) is 26.3 Å². The summed E-state index contributed by atoms with van der Waals surface area (Å²) < 4.78 is 4.32. The number of carbonyl (C=O) groups excluding carboxylic acids is 1. The van der Waals surface area contributed by atoms with Crippen molar-refractivity contribution in [2.45, 2.75) is 13.8 Å². The Morgan fingerprint density at radius 1 is 1.41 bits per heavy atom. The van der Waals surface area contributed by atoms with Gasteiger partial charge in [-0.15, -0.1) is 12.1 Å². The van der Waals surface area contributed by atoms with Gasteiger partial charge in [0.15, 0.2) is 0 Å². The molecule has 1 aromatic rings. The molecule has 0 spiro atoms. The summed E-state index contributed by atoms with van der Waals surface area (Å²) in [4.78, 5) is 10.0. The van der Waals surface area contributed by atoms with Crippen molar-refractivity contribution < 1.29 is 9.53 Å². The van der Waals surface area contributed by atoms with Crippen LogP contribution in [0.2, 0.25) is 0 Å². The molecule has 0 saturated carbocycles. The summed E-state index contributed by atoms with van der Waals surface area (Å²) in [5.74, 6) is 0.950. The van der Waals surface area contributed by atoms with Gasteiger partial charge in [0, 0.05) is 6.08 Å². The molecule has 0 atom stereocenters. The zero-order chi connectivity index (χ0) is 12.4. The summed E-state index contributed by atoms with van der Waals surface area (Å²) in [5, 5.41) is 0. The molecular weight excluding hydrogens is 224 g/mol. The smallest absolute Gasteiger partial charge is 0.496 e. The molecule has 17 heavy (non-hydrogen) atoms. The number of hydrogen-bond acceptors (Lipinski definition) is 2. The first-order chi connectivity index (χ1) is 7.61. The molecule has 0 aromatic heterocycles. The predicted molar refractivity (Wildman–Crippen MR) is 72.4 cm³/mol. The normalized spacial score (nSPS) is 7.94. The molecule has 0 unspecified atom stereocenters. The second-order valence-corrected chi connectivity index (χ2v) is 3.24. The monoisotopic (exact) mass is 242 g/mol. The van der Waals surface area contributed by atoms with Crippen molar-refractivity contribution >= 4 is 29.0 Å². The second kappa shape index (κ2) is 11.5. The van der Waals surface area contributed by atoms with Crippen LogP contribution in [0.25, 0.3) is 0 Å². The minimum atomic E-state index is -0.421. The van der Waals surface area contributed by atoms with Crippen LogP contribution < -0.4 is 0 Å². The Bertz CT molecular complexity index is 307. The fourth-order valence-corrected chi connectivity index (χ4v) is 0.931. The average molecular weight is 243 g/mol. The number of ether oxygens (including phenoxy) is 1. The first kappa shape index (κ1) is 18.4. The van der Waals surface area contributed by atoms with Gasteiger partial charge in [0.05, 0.1) is 0 Å². The van der Waals surface area contributed by atoms with Gasteiger partial charge in [-0.1, -0.05) is 26.5 Å². The van der Waals surface area contributed by atoms with Gasteiger partial charge in [0.1, 0.15) is 0 Å². The van der Waals surface area contributed by atoms with E-state index in [2.05, 4.69) is 56.4 Å². The number of hydrogen-bond donors (Lipinski definition) is 0. The summed E-state index contributed by atoms with van der Waals surface area (Å²) in [5.41, 5.74) is 1.33. The van der Waals surface area contributed by atoms with E-state index in [0.29, 0.717) is 0 Å². The van der Waals surface area contributed by atoms with Crippen molar-refractivity contribution in [1.29, 1.82) is 0 Å². The molecule has 0 fully saturated rings. The molecule has 2 nitrogen and oxygen atoms in total. The number of rotatable bonds is 3. The van der Waals surface area contributed by atoms with E-state index in [1.54, 1.807) is 0 Å². The number of carbonyl (C=O) groups is 1. The maximum Gasteiger partial charge on any atom is 2.00 e. The maximum absolute atomic E-state index is 10.0. The summed E-state index contributed by atoms with van der Waals surface area (Å²) in [6.45, 7) is 10.9. The van der Waals surface area contributed by atoms with E-state index < -0.39 is 5.97 Å². The van der Waals surface area contributed by atoms with Crippen LogP contribution in [-0.2, 0) is 9.53 Å². The van der Waals surface area contributed by atoms with Crippen LogP contribution in [0.5, 0.6) is 0 Å². The summed E-state index contributed by atoms with van der Waals surface area (Å²) >= 11 is 0. The molecule has 88 valence electrons. The van der Waals surface area contributed by atoms with Crippen molar-refractivity contribution in [2.75, 3.05) is 6.61 Å². The van der Waals surface area contributed by atoms with E-state index in [0.717, 1.165) is 6.08 Å². The molecule has 0 heterocycles. The SMILES string of the molecule is C=CC(=O)OC[CH2-].C[C-](C)c1ccccc1.[Mg+2]. The van der Waals surface area contributed by atoms with E-state index in [1.807, 2.05) is 6.07 Å². The Hall–Kier alpha value is -0.934. The van der Waals surface area contributed by atoms with Crippen molar-refractivity contribution in [1.82, 2.24) is 0 Å². The van der Waals surface area contributed by atoms with Crippen molar-refractivity contribution in [3.63, 3.8) is 0 Å². The van der Waals surface area contributed by atoms with Gasteiger partial charge < -0.3 is 11.7 Å². The Morgan fingerprint density at radius 2 is 1.94 bits per heavy atom. The molecule has 3 heteroatoms. The van der Waals surface area contributed by atoms with Crippen LogP contribution >= 0.6 is 0 Å². The predicted octanol–water partition coefficient (Wildman–Crippen LogP) is 2.82. The van der Waals surface area contributed by atoms with Gasteiger partial charge in [-0.3, -0.25) is 0 Å². The zero-order valence-electron chi connectivity index (χ0n) is 10.6. The van der Waals surface area contributed by atoms with Crippen LogP contribution in [0, 0.1) is 12.8 Å². The van der Waals surface area contributed by atoms with Crippen LogP contribution in [0.15, 0.2) is 43.0 Å². The van der Waals surface area contributed by atoms with Gasteiger partial charge in [-0.2, -0.15) is 23.6 Å².